The van der Waals surface area contributed by atoms with Crippen LogP contribution in [-0.4, -0.2) is 12.6 Å². The van der Waals surface area contributed by atoms with Crippen molar-refractivity contribution in [3.63, 3.8) is 0 Å². The number of rotatable bonds is 0. The van der Waals surface area contributed by atoms with Crippen LogP contribution in [0.25, 0.3) is 0 Å². The van der Waals surface area contributed by atoms with Gasteiger partial charge in [0.25, 0.3) is 0 Å². The Hall–Kier alpha value is -1.23. The molecule has 1 aromatic rings. The van der Waals surface area contributed by atoms with E-state index in [9.17, 15) is 13.2 Å². The molecule has 2 aliphatic rings. The summed E-state index contributed by atoms with van der Waals surface area (Å²) in [6, 6.07) is 4.17. The first kappa shape index (κ1) is 10.9. The molecule has 0 bridgehead atoms. The molecule has 1 saturated carbocycles. The van der Waals surface area contributed by atoms with Crippen molar-refractivity contribution in [1.82, 2.24) is 0 Å². The van der Waals surface area contributed by atoms with Crippen LogP contribution in [0, 0.1) is 0 Å². The van der Waals surface area contributed by atoms with Crippen LogP contribution in [-0.2, 0) is 11.6 Å². The molecule has 92 valence electrons. The van der Waals surface area contributed by atoms with Crippen LogP contribution in [0.5, 0.6) is 5.75 Å². The quantitative estimate of drug-likeness (QED) is 0.759. The van der Waals surface area contributed by atoms with E-state index < -0.39 is 11.7 Å². The van der Waals surface area contributed by atoms with E-state index in [1.807, 2.05) is 0 Å². The first-order valence-corrected chi connectivity index (χ1v) is 5.54. The molecular formula is C12H12F3NO. The van der Waals surface area contributed by atoms with E-state index in [2.05, 4.69) is 0 Å². The SMILES string of the molecule is NC1CC12CCOc1c(C(F)(F)F)cccc12. The monoisotopic (exact) mass is 243 g/mol. The molecular weight excluding hydrogens is 231 g/mol. The lowest BCUT2D eigenvalue weighted by Gasteiger charge is -2.28. The maximum absolute atomic E-state index is 12.8. The lowest BCUT2D eigenvalue weighted by atomic mass is 9.87. The lowest BCUT2D eigenvalue weighted by Crippen LogP contribution is -2.28. The molecule has 17 heavy (non-hydrogen) atoms. The molecule has 0 saturated heterocycles. The smallest absolute Gasteiger partial charge is 0.419 e. The standard InChI is InChI=1S/C12H12F3NO/c13-12(14,15)8-3-1-2-7-10(8)17-5-4-11(7)6-9(11)16/h1-3,9H,4-6,16H2. The first-order valence-electron chi connectivity index (χ1n) is 5.54. The summed E-state index contributed by atoms with van der Waals surface area (Å²) in [6.45, 7) is 0.313. The molecule has 1 aromatic carbocycles. The third-order valence-electron chi connectivity index (χ3n) is 3.79. The van der Waals surface area contributed by atoms with E-state index in [1.165, 1.54) is 6.07 Å². The van der Waals surface area contributed by atoms with Crippen molar-refractivity contribution in [2.24, 2.45) is 5.73 Å². The van der Waals surface area contributed by atoms with E-state index >= 15 is 0 Å². The highest BCUT2D eigenvalue weighted by atomic mass is 19.4. The molecule has 1 spiro atoms. The van der Waals surface area contributed by atoms with Crippen LogP contribution >= 0.6 is 0 Å². The molecule has 1 fully saturated rings. The predicted molar refractivity (Wildman–Crippen MR) is 55.8 cm³/mol. The second kappa shape index (κ2) is 3.16. The molecule has 1 heterocycles. The summed E-state index contributed by atoms with van der Waals surface area (Å²) in [6.07, 6.45) is -2.91. The molecule has 2 nitrogen and oxygen atoms in total. The molecule has 5 heteroatoms. The minimum Gasteiger partial charge on any atom is -0.493 e. The number of alkyl halides is 3. The number of benzene rings is 1. The molecule has 2 atom stereocenters. The Morgan fingerprint density at radius 3 is 2.65 bits per heavy atom. The summed E-state index contributed by atoms with van der Waals surface area (Å²) in [5.74, 6) is -0.0146. The normalized spacial score (nSPS) is 30.9. The van der Waals surface area contributed by atoms with Crippen LogP contribution in [0.2, 0.25) is 0 Å². The molecule has 2 unspecified atom stereocenters. The van der Waals surface area contributed by atoms with Crippen molar-refractivity contribution in [3.05, 3.63) is 29.3 Å². The van der Waals surface area contributed by atoms with Gasteiger partial charge in [-0.2, -0.15) is 13.2 Å². The van der Waals surface area contributed by atoms with Gasteiger partial charge in [0.2, 0.25) is 0 Å². The number of halogens is 3. The van der Waals surface area contributed by atoms with Gasteiger partial charge in [0.1, 0.15) is 5.75 Å². The van der Waals surface area contributed by atoms with Crippen molar-refractivity contribution in [2.75, 3.05) is 6.61 Å². The average Bonchev–Trinajstić information content (AvgIpc) is 2.88. The van der Waals surface area contributed by atoms with Crippen molar-refractivity contribution >= 4 is 0 Å². The summed E-state index contributed by atoms with van der Waals surface area (Å²) in [4.78, 5) is 0. The van der Waals surface area contributed by atoms with Gasteiger partial charge in [-0.05, 0) is 18.9 Å². The summed E-state index contributed by atoms with van der Waals surface area (Å²) in [5, 5.41) is 0. The Labute approximate surface area is 96.6 Å². The Morgan fingerprint density at radius 2 is 2.06 bits per heavy atom. The van der Waals surface area contributed by atoms with Crippen LogP contribution in [0.4, 0.5) is 13.2 Å². The zero-order valence-electron chi connectivity index (χ0n) is 9.05. The first-order chi connectivity index (χ1) is 7.95. The van der Waals surface area contributed by atoms with Crippen LogP contribution in [0.1, 0.15) is 24.0 Å². The van der Waals surface area contributed by atoms with Crippen LogP contribution < -0.4 is 10.5 Å². The van der Waals surface area contributed by atoms with Gasteiger partial charge in [0.05, 0.1) is 12.2 Å². The fourth-order valence-electron chi connectivity index (χ4n) is 2.71. The minimum atomic E-state index is -4.37. The largest absolute Gasteiger partial charge is 0.493 e. The highest BCUT2D eigenvalue weighted by Gasteiger charge is 2.56. The number of hydrogen-bond acceptors (Lipinski definition) is 2. The Balaban J connectivity index is 2.15. The second-order valence-corrected chi connectivity index (χ2v) is 4.75. The molecule has 3 rings (SSSR count). The maximum Gasteiger partial charge on any atom is 0.419 e. The van der Waals surface area contributed by atoms with Crippen molar-refractivity contribution < 1.29 is 17.9 Å². The number of para-hydroxylation sites is 1. The molecule has 0 radical (unpaired) electrons. The van der Waals surface area contributed by atoms with Crippen LogP contribution in [0.3, 0.4) is 0 Å². The van der Waals surface area contributed by atoms with Gasteiger partial charge in [0, 0.05) is 17.0 Å². The maximum atomic E-state index is 12.8. The molecule has 1 aliphatic heterocycles. The lowest BCUT2D eigenvalue weighted by molar-refractivity contribution is -0.139. The van der Waals surface area contributed by atoms with Gasteiger partial charge in [-0.1, -0.05) is 12.1 Å². The average molecular weight is 243 g/mol. The van der Waals surface area contributed by atoms with E-state index in [0.29, 0.717) is 18.6 Å². The number of fused-ring (bicyclic) bond motifs is 2. The summed E-state index contributed by atoms with van der Waals surface area (Å²) in [5.41, 5.74) is 5.54. The highest BCUT2D eigenvalue weighted by molar-refractivity contribution is 5.52. The van der Waals surface area contributed by atoms with Crippen molar-refractivity contribution in [2.45, 2.75) is 30.5 Å². The molecule has 1 aliphatic carbocycles. The Morgan fingerprint density at radius 1 is 1.35 bits per heavy atom. The van der Waals surface area contributed by atoms with Gasteiger partial charge in [-0.25, -0.2) is 0 Å². The van der Waals surface area contributed by atoms with Gasteiger partial charge in [-0.3, -0.25) is 0 Å². The summed E-state index contributed by atoms with van der Waals surface area (Å²) in [7, 11) is 0. The zero-order valence-corrected chi connectivity index (χ0v) is 9.05. The fourth-order valence-corrected chi connectivity index (χ4v) is 2.71. The zero-order chi connectivity index (χ0) is 12.3. The highest BCUT2D eigenvalue weighted by Crippen LogP contribution is 2.56. The Kier molecular flexibility index (Phi) is 2.03. The summed E-state index contributed by atoms with van der Waals surface area (Å²) < 4.78 is 43.7. The van der Waals surface area contributed by atoms with Gasteiger partial charge in [-0.15, -0.1) is 0 Å². The second-order valence-electron chi connectivity index (χ2n) is 4.75. The van der Waals surface area contributed by atoms with Gasteiger partial charge < -0.3 is 10.5 Å². The van der Waals surface area contributed by atoms with Crippen molar-refractivity contribution in [1.29, 1.82) is 0 Å². The number of hydrogen-bond donors (Lipinski definition) is 1. The van der Waals surface area contributed by atoms with Crippen molar-refractivity contribution in [3.8, 4) is 5.75 Å². The van der Waals surface area contributed by atoms with Gasteiger partial charge in [0.15, 0.2) is 0 Å². The van der Waals surface area contributed by atoms with Gasteiger partial charge >= 0.3 is 6.18 Å². The third-order valence-corrected chi connectivity index (χ3v) is 3.79. The van der Waals surface area contributed by atoms with E-state index in [-0.39, 0.29) is 17.2 Å². The van der Waals surface area contributed by atoms with Crippen LogP contribution in [0.15, 0.2) is 18.2 Å². The predicted octanol–water partition coefficient (Wildman–Crippen LogP) is 2.46. The topological polar surface area (TPSA) is 35.2 Å². The number of ether oxygens (including phenoxy) is 1. The minimum absolute atomic E-state index is 0.0146. The Bertz CT molecular complexity index is 471. The van der Waals surface area contributed by atoms with E-state index in [4.69, 9.17) is 10.5 Å². The molecule has 2 N–H and O–H groups in total. The molecule has 0 amide bonds. The van der Waals surface area contributed by atoms with E-state index in [1.54, 1.807) is 6.07 Å². The third kappa shape index (κ3) is 1.45. The summed E-state index contributed by atoms with van der Waals surface area (Å²) >= 11 is 0. The van der Waals surface area contributed by atoms with E-state index in [0.717, 1.165) is 12.5 Å². The fraction of sp³-hybridized carbons (Fsp3) is 0.500. The molecule has 0 aromatic heterocycles. The number of nitrogens with two attached hydrogens (primary N) is 1.